The molecule has 8 heteroatoms. The van der Waals surface area contributed by atoms with Gasteiger partial charge in [-0.1, -0.05) is 0 Å². The fraction of sp³-hybridized carbons (Fsp3) is 0.588. The third-order valence-electron chi connectivity index (χ3n) is 4.01. The predicted octanol–water partition coefficient (Wildman–Crippen LogP) is 1.26. The fourth-order valence-electron chi connectivity index (χ4n) is 2.75. The molecule has 138 valence electrons. The topological polar surface area (TPSA) is 107 Å². The second kappa shape index (κ2) is 8.66. The van der Waals surface area contributed by atoms with Crippen molar-refractivity contribution in [3.05, 3.63) is 22.5 Å². The molecule has 2 heterocycles. The first kappa shape index (κ1) is 19.0. The monoisotopic (exact) mass is 352 g/mol. The molecule has 1 amide bonds. The molecule has 0 bridgehead atoms. The van der Waals surface area contributed by atoms with E-state index in [1.54, 1.807) is 20.8 Å². The number of nitrogens with one attached hydrogen (secondary N) is 2. The smallest absolute Gasteiger partial charge is 0.355 e. The van der Waals surface area contributed by atoms with E-state index in [2.05, 4.69) is 10.3 Å². The maximum Gasteiger partial charge on any atom is 0.355 e. The molecule has 0 saturated carbocycles. The van der Waals surface area contributed by atoms with E-state index in [9.17, 15) is 14.4 Å². The highest BCUT2D eigenvalue weighted by molar-refractivity contribution is 5.99. The molecule has 1 fully saturated rings. The SMILES string of the molecule is CCOC(=O)c1c(C)[nH]c(C(=O)OCC(=O)NCC2CCCO2)c1C. The average Bonchev–Trinajstić information content (AvgIpc) is 3.18. The Kier molecular flexibility index (Phi) is 6.58. The Balaban J connectivity index is 1.89. The van der Waals surface area contributed by atoms with Gasteiger partial charge < -0.3 is 24.5 Å². The number of ether oxygens (including phenoxy) is 3. The first-order chi connectivity index (χ1) is 11.9. The van der Waals surface area contributed by atoms with Crippen LogP contribution < -0.4 is 5.32 Å². The summed E-state index contributed by atoms with van der Waals surface area (Å²) in [4.78, 5) is 38.7. The second-order valence-electron chi connectivity index (χ2n) is 5.86. The van der Waals surface area contributed by atoms with Gasteiger partial charge in [-0.05, 0) is 39.2 Å². The number of esters is 2. The first-order valence-corrected chi connectivity index (χ1v) is 8.35. The van der Waals surface area contributed by atoms with Crippen LogP contribution in [0.15, 0.2) is 0 Å². The molecule has 0 aliphatic carbocycles. The van der Waals surface area contributed by atoms with E-state index in [0.717, 1.165) is 12.8 Å². The maximum absolute atomic E-state index is 12.2. The van der Waals surface area contributed by atoms with Crippen LogP contribution in [0.4, 0.5) is 0 Å². The van der Waals surface area contributed by atoms with Gasteiger partial charge in [0.1, 0.15) is 5.69 Å². The summed E-state index contributed by atoms with van der Waals surface area (Å²) < 4.78 is 15.4. The Hall–Kier alpha value is -2.35. The molecular weight excluding hydrogens is 328 g/mol. The summed E-state index contributed by atoms with van der Waals surface area (Å²) in [6.07, 6.45) is 1.93. The molecular formula is C17H24N2O6. The summed E-state index contributed by atoms with van der Waals surface area (Å²) in [5.41, 5.74) is 1.43. The van der Waals surface area contributed by atoms with Gasteiger partial charge in [-0.15, -0.1) is 0 Å². The standard InChI is InChI=1S/C17H24N2O6/c1-4-23-16(21)14-10(2)15(19-11(14)3)17(22)25-9-13(20)18-8-12-6-5-7-24-12/h12,19H,4-9H2,1-3H3,(H,18,20). The van der Waals surface area contributed by atoms with Crippen molar-refractivity contribution in [1.29, 1.82) is 0 Å². The molecule has 0 aromatic carbocycles. The lowest BCUT2D eigenvalue weighted by atomic mass is 10.1. The Bertz CT molecular complexity index is 646. The number of amides is 1. The number of carbonyl (C=O) groups excluding carboxylic acids is 3. The number of hydrogen-bond acceptors (Lipinski definition) is 6. The van der Waals surface area contributed by atoms with E-state index in [0.29, 0.717) is 30.0 Å². The molecule has 25 heavy (non-hydrogen) atoms. The number of H-pyrrole nitrogens is 1. The van der Waals surface area contributed by atoms with Crippen LogP contribution in [-0.4, -0.2) is 55.3 Å². The highest BCUT2D eigenvalue weighted by Gasteiger charge is 2.24. The zero-order chi connectivity index (χ0) is 18.4. The fourth-order valence-corrected chi connectivity index (χ4v) is 2.75. The highest BCUT2D eigenvalue weighted by atomic mass is 16.5. The normalized spacial score (nSPS) is 16.5. The largest absolute Gasteiger partial charge is 0.462 e. The third-order valence-corrected chi connectivity index (χ3v) is 4.01. The zero-order valence-electron chi connectivity index (χ0n) is 14.8. The average molecular weight is 352 g/mol. The second-order valence-corrected chi connectivity index (χ2v) is 5.86. The van der Waals surface area contributed by atoms with Crippen molar-refractivity contribution in [1.82, 2.24) is 10.3 Å². The number of aromatic nitrogens is 1. The molecule has 1 unspecified atom stereocenters. The minimum absolute atomic E-state index is 0.0279. The molecule has 1 aliphatic rings. The summed E-state index contributed by atoms with van der Waals surface area (Å²) in [7, 11) is 0. The van der Waals surface area contributed by atoms with Crippen LogP contribution in [0.1, 0.15) is 51.9 Å². The summed E-state index contributed by atoms with van der Waals surface area (Å²) >= 11 is 0. The van der Waals surface area contributed by atoms with Crippen molar-refractivity contribution in [2.24, 2.45) is 0 Å². The minimum atomic E-state index is -0.691. The number of rotatable bonds is 7. The molecule has 0 spiro atoms. The third kappa shape index (κ3) is 4.82. The lowest BCUT2D eigenvalue weighted by Gasteiger charge is -2.10. The van der Waals surface area contributed by atoms with Crippen molar-refractivity contribution < 1.29 is 28.6 Å². The van der Waals surface area contributed by atoms with E-state index in [-0.39, 0.29) is 18.4 Å². The summed E-state index contributed by atoms with van der Waals surface area (Å²) in [6, 6.07) is 0. The lowest BCUT2D eigenvalue weighted by Crippen LogP contribution is -2.34. The summed E-state index contributed by atoms with van der Waals surface area (Å²) in [6.45, 7) is 5.98. The van der Waals surface area contributed by atoms with Gasteiger partial charge in [-0.25, -0.2) is 9.59 Å². The molecule has 1 aliphatic heterocycles. The van der Waals surface area contributed by atoms with Crippen LogP contribution in [0, 0.1) is 13.8 Å². The van der Waals surface area contributed by atoms with Gasteiger partial charge in [-0.3, -0.25) is 4.79 Å². The van der Waals surface area contributed by atoms with Gasteiger partial charge in [-0.2, -0.15) is 0 Å². The van der Waals surface area contributed by atoms with Gasteiger partial charge in [0, 0.05) is 18.8 Å². The first-order valence-electron chi connectivity index (χ1n) is 8.35. The van der Waals surface area contributed by atoms with Gasteiger partial charge >= 0.3 is 11.9 Å². The predicted molar refractivity (Wildman–Crippen MR) is 88.5 cm³/mol. The quantitative estimate of drug-likeness (QED) is 0.716. The van der Waals surface area contributed by atoms with Crippen molar-refractivity contribution in [3.8, 4) is 0 Å². The van der Waals surface area contributed by atoms with Crippen molar-refractivity contribution in [3.63, 3.8) is 0 Å². The molecule has 2 N–H and O–H groups in total. The maximum atomic E-state index is 12.2. The van der Waals surface area contributed by atoms with Crippen LogP contribution in [0.2, 0.25) is 0 Å². The number of carbonyl (C=O) groups is 3. The van der Waals surface area contributed by atoms with Gasteiger partial charge in [0.2, 0.25) is 0 Å². The Morgan fingerprint density at radius 1 is 1.24 bits per heavy atom. The molecule has 0 radical (unpaired) electrons. The molecule has 1 saturated heterocycles. The lowest BCUT2D eigenvalue weighted by molar-refractivity contribution is -0.124. The molecule has 1 aromatic heterocycles. The number of aromatic amines is 1. The van der Waals surface area contributed by atoms with Crippen molar-refractivity contribution in [2.45, 2.75) is 39.7 Å². The van der Waals surface area contributed by atoms with Crippen molar-refractivity contribution in [2.75, 3.05) is 26.4 Å². The van der Waals surface area contributed by atoms with Crippen LogP contribution in [0.25, 0.3) is 0 Å². The molecule has 1 atom stereocenters. The molecule has 2 rings (SSSR count). The van der Waals surface area contributed by atoms with Gasteiger partial charge in [0.15, 0.2) is 6.61 Å². The van der Waals surface area contributed by atoms with Gasteiger partial charge in [0.05, 0.1) is 18.3 Å². The van der Waals surface area contributed by atoms with Crippen LogP contribution in [0.5, 0.6) is 0 Å². The van der Waals surface area contributed by atoms with Crippen molar-refractivity contribution >= 4 is 17.8 Å². The Morgan fingerprint density at radius 3 is 2.64 bits per heavy atom. The van der Waals surface area contributed by atoms with E-state index < -0.39 is 24.5 Å². The minimum Gasteiger partial charge on any atom is -0.462 e. The summed E-state index contributed by atoms with van der Waals surface area (Å²) in [5.74, 6) is -1.58. The van der Waals surface area contributed by atoms with Gasteiger partial charge in [0.25, 0.3) is 5.91 Å². The summed E-state index contributed by atoms with van der Waals surface area (Å²) in [5, 5.41) is 2.67. The van der Waals surface area contributed by atoms with E-state index in [4.69, 9.17) is 14.2 Å². The van der Waals surface area contributed by atoms with E-state index in [1.165, 1.54) is 0 Å². The molecule has 8 nitrogen and oxygen atoms in total. The van der Waals surface area contributed by atoms with Crippen LogP contribution >= 0.6 is 0 Å². The Labute approximate surface area is 146 Å². The van der Waals surface area contributed by atoms with Crippen LogP contribution in [0.3, 0.4) is 0 Å². The van der Waals surface area contributed by atoms with E-state index in [1.807, 2.05) is 0 Å². The zero-order valence-corrected chi connectivity index (χ0v) is 14.8. The highest BCUT2D eigenvalue weighted by Crippen LogP contribution is 2.19. The van der Waals surface area contributed by atoms with Crippen LogP contribution in [-0.2, 0) is 19.0 Å². The number of hydrogen-bond donors (Lipinski definition) is 2. The Morgan fingerprint density at radius 2 is 2.00 bits per heavy atom. The molecule has 1 aromatic rings. The van der Waals surface area contributed by atoms with E-state index >= 15 is 0 Å². The number of aryl methyl sites for hydroxylation is 1.